The van der Waals surface area contributed by atoms with Gasteiger partial charge in [-0.15, -0.1) is 11.3 Å². The molecule has 2 amide bonds. The van der Waals surface area contributed by atoms with Crippen LogP contribution in [0.15, 0.2) is 18.2 Å². The van der Waals surface area contributed by atoms with Crippen molar-refractivity contribution >= 4 is 34.0 Å². The molecule has 0 aliphatic carbocycles. The molecule has 6 nitrogen and oxygen atoms in total. The number of nitrogens with one attached hydrogen (secondary N) is 2. The second kappa shape index (κ2) is 6.70. The summed E-state index contributed by atoms with van der Waals surface area (Å²) < 4.78 is 0. The highest BCUT2D eigenvalue weighted by atomic mass is 32.1. The molecule has 126 valence electrons. The lowest BCUT2D eigenvalue weighted by atomic mass is 10.1. The smallest absolute Gasteiger partial charge is 0.315 e. The molecule has 7 heteroatoms. The Kier molecular flexibility index (Phi) is 4.64. The minimum absolute atomic E-state index is 0.483. The largest absolute Gasteiger partial charge is 0.318 e. The number of anilines is 2. The van der Waals surface area contributed by atoms with E-state index in [4.69, 9.17) is 0 Å². The van der Waals surface area contributed by atoms with Crippen LogP contribution in [0, 0.1) is 13.8 Å². The maximum atomic E-state index is 12.1. The van der Waals surface area contributed by atoms with Crippen LogP contribution >= 0.6 is 11.3 Å². The van der Waals surface area contributed by atoms with Gasteiger partial charge in [-0.25, -0.2) is 4.98 Å². The Morgan fingerprint density at radius 2 is 1.96 bits per heavy atom. The number of aryl methyl sites for hydroxylation is 1. The zero-order valence-corrected chi connectivity index (χ0v) is 14.8. The summed E-state index contributed by atoms with van der Waals surface area (Å²) in [7, 11) is 2.05. The summed E-state index contributed by atoms with van der Waals surface area (Å²) in [6, 6.07) is 5.59. The van der Waals surface area contributed by atoms with E-state index in [1.165, 1.54) is 11.3 Å². The van der Waals surface area contributed by atoms with Gasteiger partial charge in [-0.3, -0.25) is 14.9 Å². The normalized spacial score (nSPS) is 14.1. The Labute approximate surface area is 144 Å². The molecule has 0 unspecified atom stereocenters. The van der Waals surface area contributed by atoms with Crippen molar-refractivity contribution in [3.63, 3.8) is 0 Å². The molecule has 1 aliphatic rings. The first-order valence-corrected chi connectivity index (χ1v) is 8.61. The molecule has 2 heterocycles. The van der Waals surface area contributed by atoms with Gasteiger partial charge in [0.2, 0.25) is 0 Å². The van der Waals surface area contributed by atoms with Crippen LogP contribution in [-0.2, 0) is 22.6 Å². The maximum Gasteiger partial charge on any atom is 0.315 e. The van der Waals surface area contributed by atoms with Crippen molar-refractivity contribution in [2.45, 2.75) is 26.8 Å². The van der Waals surface area contributed by atoms with Gasteiger partial charge in [-0.2, -0.15) is 0 Å². The van der Waals surface area contributed by atoms with Crippen LogP contribution in [0.2, 0.25) is 0 Å². The Hall–Kier alpha value is -2.25. The summed E-state index contributed by atoms with van der Waals surface area (Å²) in [5.74, 6) is -1.38. The molecule has 3 rings (SSSR count). The number of benzene rings is 1. The van der Waals surface area contributed by atoms with E-state index in [-0.39, 0.29) is 0 Å². The van der Waals surface area contributed by atoms with E-state index in [0.717, 1.165) is 41.2 Å². The Bertz CT molecular complexity index is 800. The number of nitrogens with zero attached hydrogens (tertiary/aromatic N) is 2. The molecule has 0 saturated heterocycles. The number of amides is 2. The Balaban J connectivity index is 1.66. The number of likely N-dealkylation sites (N-methyl/N-ethyl adjacent to an activating group) is 1. The van der Waals surface area contributed by atoms with E-state index in [1.54, 1.807) is 6.07 Å². The first-order valence-electron chi connectivity index (χ1n) is 7.79. The summed E-state index contributed by atoms with van der Waals surface area (Å²) in [6.07, 6.45) is 0.868. The van der Waals surface area contributed by atoms with Gasteiger partial charge in [-0.1, -0.05) is 12.1 Å². The average Bonchev–Trinajstić information content (AvgIpc) is 2.93. The fourth-order valence-electron chi connectivity index (χ4n) is 2.60. The monoisotopic (exact) mass is 344 g/mol. The minimum atomic E-state index is -0.699. The molecule has 0 saturated carbocycles. The van der Waals surface area contributed by atoms with Gasteiger partial charge < -0.3 is 10.2 Å². The number of thiazole rings is 1. The highest BCUT2D eigenvalue weighted by molar-refractivity contribution is 7.16. The summed E-state index contributed by atoms with van der Waals surface area (Å²) >= 11 is 1.43. The zero-order valence-electron chi connectivity index (χ0n) is 14.0. The average molecular weight is 344 g/mol. The van der Waals surface area contributed by atoms with Crippen LogP contribution in [0.25, 0.3) is 0 Å². The predicted molar refractivity (Wildman–Crippen MR) is 95.3 cm³/mol. The second-order valence-corrected chi connectivity index (χ2v) is 7.12. The van der Waals surface area contributed by atoms with Gasteiger partial charge in [-0.05, 0) is 38.1 Å². The van der Waals surface area contributed by atoms with Crippen LogP contribution in [0.5, 0.6) is 0 Å². The van der Waals surface area contributed by atoms with Crippen molar-refractivity contribution < 1.29 is 9.59 Å². The molecule has 2 aromatic rings. The first-order chi connectivity index (χ1) is 11.4. The van der Waals surface area contributed by atoms with Gasteiger partial charge >= 0.3 is 11.8 Å². The van der Waals surface area contributed by atoms with Gasteiger partial charge in [0.05, 0.1) is 5.69 Å². The Morgan fingerprint density at radius 1 is 1.21 bits per heavy atom. The van der Waals surface area contributed by atoms with Crippen molar-refractivity contribution in [3.05, 3.63) is 39.9 Å². The third-order valence-electron chi connectivity index (χ3n) is 4.20. The molecule has 1 aliphatic heterocycles. The van der Waals surface area contributed by atoms with Crippen molar-refractivity contribution in [1.29, 1.82) is 0 Å². The fraction of sp³-hybridized carbons (Fsp3) is 0.353. The van der Waals surface area contributed by atoms with E-state index < -0.39 is 11.8 Å². The third kappa shape index (κ3) is 3.47. The SMILES string of the molecule is Cc1cccc(NC(=O)C(=O)Nc2nc3c(s2)CN(C)CC3)c1C. The van der Waals surface area contributed by atoms with Crippen LogP contribution in [0.4, 0.5) is 10.8 Å². The molecular weight excluding hydrogens is 324 g/mol. The van der Waals surface area contributed by atoms with Crippen molar-refractivity contribution in [3.8, 4) is 0 Å². The van der Waals surface area contributed by atoms with Gasteiger partial charge in [0.25, 0.3) is 0 Å². The molecule has 0 fully saturated rings. The highest BCUT2D eigenvalue weighted by Crippen LogP contribution is 2.27. The molecule has 1 aromatic carbocycles. The zero-order chi connectivity index (χ0) is 17.3. The molecule has 2 N–H and O–H groups in total. The molecule has 0 bridgehead atoms. The van der Waals surface area contributed by atoms with Gasteiger partial charge in [0, 0.05) is 30.1 Å². The number of fused-ring (bicyclic) bond motifs is 1. The first kappa shape index (κ1) is 16.6. The Morgan fingerprint density at radius 3 is 2.75 bits per heavy atom. The molecule has 1 aromatic heterocycles. The van der Waals surface area contributed by atoms with E-state index in [2.05, 4.69) is 27.6 Å². The standard InChI is InChI=1S/C17H20N4O2S/c1-10-5-4-6-12(11(10)2)18-15(22)16(23)20-17-19-13-7-8-21(3)9-14(13)24-17/h4-6H,7-9H2,1-3H3,(H,18,22)(H,19,20,23). The summed E-state index contributed by atoms with van der Waals surface area (Å²) in [6.45, 7) is 5.66. The van der Waals surface area contributed by atoms with E-state index in [1.807, 2.05) is 26.0 Å². The minimum Gasteiger partial charge on any atom is -0.318 e. The summed E-state index contributed by atoms with van der Waals surface area (Å²) in [5.41, 5.74) is 3.68. The van der Waals surface area contributed by atoms with Crippen LogP contribution < -0.4 is 10.6 Å². The van der Waals surface area contributed by atoms with E-state index >= 15 is 0 Å². The van der Waals surface area contributed by atoms with Crippen molar-refractivity contribution in [2.75, 3.05) is 24.2 Å². The van der Waals surface area contributed by atoms with Crippen LogP contribution in [0.1, 0.15) is 21.7 Å². The quantitative estimate of drug-likeness (QED) is 0.820. The fourth-order valence-corrected chi connectivity index (χ4v) is 3.68. The maximum absolute atomic E-state index is 12.1. The van der Waals surface area contributed by atoms with Crippen molar-refractivity contribution in [1.82, 2.24) is 9.88 Å². The van der Waals surface area contributed by atoms with Crippen LogP contribution in [0.3, 0.4) is 0 Å². The van der Waals surface area contributed by atoms with Crippen LogP contribution in [-0.4, -0.2) is 35.3 Å². The molecule has 0 spiro atoms. The third-order valence-corrected chi connectivity index (χ3v) is 5.20. The molecule has 0 atom stereocenters. The number of hydrogen-bond acceptors (Lipinski definition) is 5. The lowest BCUT2D eigenvalue weighted by Crippen LogP contribution is -2.29. The van der Waals surface area contributed by atoms with E-state index in [9.17, 15) is 9.59 Å². The number of rotatable bonds is 2. The lowest BCUT2D eigenvalue weighted by Gasteiger charge is -2.20. The van der Waals surface area contributed by atoms with Gasteiger partial charge in [0.15, 0.2) is 5.13 Å². The van der Waals surface area contributed by atoms with E-state index in [0.29, 0.717) is 10.8 Å². The topological polar surface area (TPSA) is 74.3 Å². The molecule has 24 heavy (non-hydrogen) atoms. The highest BCUT2D eigenvalue weighted by Gasteiger charge is 2.21. The molecular formula is C17H20N4O2S. The number of aromatic nitrogens is 1. The van der Waals surface area contributed by atoms with Crippen molar-refractivity contribution in [2.24, 2.45) is 0 Å². The summed E-state index contributed by atoms with van der Waals surface area (Å²) in [5, 5.41) is 5.75. The number of carbonyl (C=O) groups is 2. The summed E-state index contributed by atoms with van der Waals surface area (Å²) in [4.78, 5) is 32.0. The second-order valence-electron chi connectivity index (χ2n) is 6.03. The number of hydrogen-bond donors (Lipinski definition) is 2. The number of carbonyl (C=O) groups excluding carboxylic acids is 2. The predicted octanol–water partition coefficient (Wildman–Crippen LogP) is 2.33. The van der Waals surface area contributed by atoms with Gasteiger partial charge in [0.1, 0.15) is 0 Å². The lowest BCUT2D eigenvalue weighted by molar-refractivity contribution is -0.133. The molecule has 0 radical (unpaired) electrons.